The van der Waals surface area contributed by atoms with Gasteiger partial charge in [0.25, 0.3) is 0 Å². The van der Waals surface area contributed by atoms with Crippen LogP contribution in [0.5, 0.6) is 0 Å². The first-order chi connectivity index (χ1) is 33.4. The van der Waals surface area contributed by atoms with Gasteiger partial charge in [0, 0.05) is 32.1 Å². The van der Waals surface area contributed by atoms with Gasteiger partial charge in [-0.05, 0) is 96.3 Å². The number of rotatable bonds is 46. The van der Waals surface area contributed by atoms with E-state index in [1.807, 2.05) is 18.2 Å². The van der Waals surface area contributed by atoms with Crippen molar-refractivity contribution < 1.29 is 49.5 Å². The van der Waals surface area contributed by atoms with Gasteiger partial charge < -0.3 is 25.5 Å². The third-order valence-electron chi connectivity index (χ3n) is 10.8. The Morgan fingerprint density at radius 2 is 0.435 bits per heavy atom. The molecule has 0 aliphatic carbocycles. The summed E-state index contributed by atoms with van der Waals surface area (Å²) < 4.78 is 0. The van der Waals surface area contributed by atoms with Gasteiger partial charge in [0.2, 0.25) is 0 Å². The SMILES string of the molecule is C=C.C=CCCCCCCCC.C=CCCCCCCCC(=O)O.C=CCCCCCCCC(=O)O.CCCCCCCC/C=C\CCCCCCCC(=O)O.O=C(O)CCCCCCCC(=O)O. The predicted octanol–water partition coefficient (Wildman–Crippen LogP) is 18.7. The summed E-state index contributed by atoms with van der Waals surface area (Å²) in [6, 6.07) is 0. The van der Waals surface area contributed by atoms with Crippen LogP contribution in [0, 0.1) is 0 Å². The first-order valence-corrected chi connectivity index (χ1v) is 27.4. The molecule has 0 heterocycles. The van der Waals surface area contributed by atoms with Crippen LogP contribution in [0.25, 0.3) is 0 Å². The number of carboxylic acids is 5. The molecule has 0 aromatic carbocycles. The Hall–Kier alpha value is -3.95. The predicted molar refractivity (Wildman–Crippen MR) is 294 cm³/mol. The highest BCUT2D eigenvalue weighted by Crippen LogP contribution is 2.12. The summed E-state index contributed by atoms with van der Waals surface area (Å²) in [5.41, 5.74) is 0. The van der Waals surface area contributed by atoms with Crippen LogP contribution in [-0.2, 0) is 24.0 Å². The number of allylic oxidation sites excluding steroid dienone is 5. The zero-order valence-electron chi connectivity index (χ0n) is 44.9. The first-order valence-electron chi connectivity index (χ1n) is 27.4. The summed E-state index contributed by atoms with van der Waals surface area (Å²) in [5, 5.41) is 41.8. The highest BCUT2D eigenvalue weighted by atomic mass is 16.4. The highest BCUT2D eigenvalue weighted by molar-refractivity contribution is 5.67. The first kappa shape index (κ1) is 76.5. The molecule has 0 amide bonds. The monoisotopic (exact) mass is 979 g/mol. The Kier molecular flexibility index (Phi) is 83.8. The quantitative estimate of drug-likeness (QED) is 0.0290. The minimum absolute atomic E-state index is 0.221. The second-order valence-corrected chi connectivity index (χ2v) is 17.6. The summed E-state index contributed by atoms with van der Waals surface area (Å²) in [5.74, 6) is -3.54. The molecule has 0 rings (SSSR count). The van der Waals surface area contributed by atoms with Gasteiger partial charge in [0.1, 0.15) is 0 Å². The van der Waals surface area contributed by atoms with E-state index in [-0.39, 0.29) is 12.8 Å². The summed E-state index contributed by atoms with van der Waals surface area (Å²) >= 11 is 0. The number of unbranched alkanes of at least 4 members (excludes halogenated alkanes) is 31. The van der Waals surface area contributed by atoms with Crippen LogP contribution in [-0.4, -0.2) is 55.4 Å². The Morgan fingerprint density at radius 3 is 0.609 bits per heavy atom. The molecule has 0 aromatic rings. The van der Waals surface area contributed by atoms with Crippen molar-refractivity contribution in [3.05, 3.63) is 63.3 Å². The van der Waals surface area contributed by atoms with Crippen molar-refractivity contribution in [3.8, 4) is 0 Å². The van der Waals surface area contributed by atoms with Crippen molar-refractivity contribution in [2.75, 3.05) is 0 Å². The molecule has 0 aliphatic heterocycles. The molecule has 0 fully saturated rings. The van der Waals surface area contributed by atoms with Gasteiger partial charge in [0.15, 0.2) is 0 Å². The van der Waals surface area contributed by atoms with Crippen molar-refractivity contribution in [1.82, 2.24) is 0 Å². The van der Waals surface area contributed by atoms with Crippen molar-refractivity contribution in [1.29, 1.82) is 0 Å². The molecule has 0 unspecified atom stereocenters. The Bertz CT molecular complexity index is 1080. The molecular formula is C59H110O10. The average molecular weight is 980 g/mol. The van der Waals surface area contributed by atoms with E-state index < -0.39 is 29.8 Å². The van der Waals surface area contributed by atoms with E-state index in [1.54, 1.807) is 0 Å². The van der Waals surface area contributed by atoms with Crippen LogP contribution >= 0.6 is 0 Å². The van der Waals surface area contributed by atoms with Crippen molar-refractivity contribution in [2.45, 2.75) is 284 Å². The Balaban J connectivity index is -0.000000182. The Morgan fingerprint density at radius 1 is 0.275 bits per heavy atom. The maximum atomic E-state index is 10.3. The van der Waals surface area contributed by atoms with Crippen LogP contribution < -0.4 is 0 Å². The maximum absolute atomic E-state index is 10.3. The normalized spacial score (nSPS) is 9.94. The number of carbonyl (C=O) groups is 5. The number of hydrogen-bond donors (Lipinski definition) is 5. The van der Waals surface area contributed by atoms with E-state index in [9.17, 15) is 24.0 Å². The molecule has 5 N–H and O–H groups in total. The zero-order chi connectivity index (χ0) is 53.1. The number of carboxylic acid groups (broad SMARTS) is 5. The summed E-state index contributed by atoms with van der Waals surface area (Å²) in [6.07, 6.45) is 54.8. The number of aliphatic carboxylic acids is 5. The molecule has 0 atom stereocenters. The minimum atomic E-state index is -0.759. The second kappa shape index (κ2) is 75.6. The molecule has 10 nitrogen and oxygen atoms in total. The van der Waals surface area contributed by atoms with Crippen molar-refractivity contribution in [2.24, 2.45) is 0 Å². The molecule has 0 saturated heterocycles. The van der Waals surface area contributed by atoms with E-state index in [1.165, 1.54) is 141 Å². The van der Waals surface area contributed by atoms with Crippen LogP contribution in [0.1, 0.15) is 284 Å². The van der Waals surface area contributed by atoms with E-state index >= 15 is 0 Å². The molecule has 10 heteroatoms. The molecule has 0 radical (unpaired) electrons. The van der Waals surface area contributed by atoms with Gasteiger partial charge in [-0.2, -0.15) is 0 Å². The van der Waals surface area contributed by atoms with Gasteiger partial charge in [0.05, 0.1) is 0 Å². The fraction of sp³-hybridized carbons (Fsp3) is 0.746. The van der Waals surface area contributed by atoms with Crippen LogP contribution in [0.15, 0.2) is 63.3 Å². The molecular weight excluding hydrogens is 869 g/mol. The fourth-order valence-corrected chi connectivity index (χ4v) is 6.69. The highest BCUT2D eigenvalue weighted by Gasteiger charge is 2.00. The largest absolute Gasteiger partial charge is 0.481 e. The lowest BCUT2D eigenvalue weighted by molar-refractivity contribution is -0.138. The van der Waals surface area contributed by atoms with Crippen molar-refractivity contribution >= 4 is 29.8 Å². The molecule has 0 bridgehead atoms. The average Bonchev–Trinajstić information content (AvgIpc) is 3.31. The standard InChI is InChI=1S/C18H34O2.2C10H18O2.C10H20.C9H16O4.C2H4/c1-2-3-4-5-6-7-8-9-10-11-12-13-14-15-16-17-18(19)20;2*1-2-3-4-5-6-7-8-9-10(11)12;1-3-5-7-9-10-8-6-4-2;10-8(11)6-4-2-1-3-5-7-9(12)13;1-2/h9-10H,2-8,11-17H2,1H3,(H,19,20);2*2H,1,3-9H2,(H,11,12);3H,1,4-10H2,2H3;1-7H2,(H,10,11)(H,12,13);1-2H2/b10-9-;;;;;. The van der Waals surface area contributed by atoms with E-state index in [4.69, 9.17) is 25.5 Å². The maximum Gasteiger partial charge on any atom is 0.303 e. The summed E-state index contributed by atoms with van der Waals surface area (Å²) in [7, 11) is 0. The smallest absolute Gasteiger partial charge is 0.303 e. The third kappa shape index (κ3) is 107. The molecule has 0 aromatic heterocycles. The van der Waals surface area contributed by atoms with Crippen LogP contribution in [0.4, 0.5) is 0 Å². The van der Waals surface area contributed by atoms with Gasteiger partial charge in [-0.3, -0.25) is 24.0 Å². The van der Waals surface area contributed by atoms with Gasteiger partial charge >= 0.3 is 29.8 Å². The fourth-order valence-electron chi connectivity index (χ4n) is 6.69. The summed E-state index contributed by atoms with van der Waals surface area (Å²) in [4.78, 5) is 50.8. The minimum Gasteiger partial charge on any atom is -0.481 e. The van der Waals surface area contributed by atoms with E-state index in [0.29, 0.717) is 32.1 Å². The summed E-state index contributed by atoms with van der Waals surface area (Å²) in [6.45, 7) is 21.5. The van der Waals surface area contributed by atoms with Crippen molar-refractivity contribution in [3.63, 3.8) is 0 Å². The Labute approximate surface area is 424 Å². The zero-order valence-corrected chi connectivity index (χ0v) is 44.9. The van der Waals surface area contributed by atoms with E-state index in [2.05, 4.69) is 58.9 Å². The number of hydrogen-bond acceptors (Lipinski definition) is 5. The lowest BCUT2D eigenvalue weighted by Gasteiger charge is -1.99. The van der Waals surface area contributed by atoms with Crippen LogP contribution in [0.2, 0.25) is 0 Å². The van der Waals surface area contributed by atoms with Gasteiger partial charge in [-0.25, -0.2) is 0 Å². The lowest BCUT2D eigenvalue weighted by atomic mass is 10.1. The van der Waals surface area contributed by atoms with E-state index in [0.717, 1.165) is 83.5 Å². The molecule has 69 heavy (non-hydrogen) atoms. The van der Waals surface area contributed by atoms with Crippen LogP contribution in [0.3, 0.4) is 0 Å². The third-order valence-corrected chi connectivity index (χ3v) is 10.8. The molecule has 0 aliphatic rings. The second-order valence-electron chi connectivity index (χ2n) is 17.6. The molecule has 0 spiro atoms. The lowest BCUT2D eigenvalue weighted by Crippen LogP contribution is -1.95. The molecule has 0 saturated carbocycles. The van der Waals surface area contributed by atoms with Gasteiger partial charge in [-0.15, -0.1) is 32.9 Å². The molecule has 406 valence electrons. The van der Waals surface area contributed by atoms with Gasteiger partial charge in [-0.1, -0.05) is 185 Å². The topological polar surface area (TPSA) is 186 Å².